The molecule has 7 rings (SSSR count). The van der Waals surface area contributed by atoms with Crippen LogP contribution in [0.3, 0.4) is 0 Å². The molecular weight excluding hydrogens is 603 g/mol. The second-order valence-electron chi connectivity index (χ2n) is 10.4. The Kier molecular flexibility index (Phi) is 6.47. The zero-order valence-corrected chi connectivity index (χ0v) is 25.3. The van der Waals surface area contributed by atoms with E-state index in [1.807, 2.05) is 4.57 Å². The van der Waals surface area contributed by atoms with E-state index in [2.05, 4.69) is 15.3 Å². The topological polar surface area (TPSA) is 142 Å². The molecule has 1 aliphatic heterocycles. The zero-order valence-electron chi connectivity index (χ0n) is 24.5. The Bertz CT molecular complexity index is 2280. The first kappa shape index (κ1) is 28.3. The van der Waals surface area contributed by atoms with Crippen molar-refractivity contribution in [3.8, 4) is 45.7 Å². The molecule has 0 fully saturated rings. The maximum Gasteiger partial charge on any atom is 0.316 e. The number of nitrogens with one attached hydrogen (secondary N) is 1. The number of anilines is 1. The molecule has 0 saturated carbocycles. The third kappa shape index (κ3) is 4.52. The Morgan fingerprint density at radius 3 is 2.60 bits per heavy atom. The molecule has 0 bridgehead atoms. The van der Waals surface area contributed by atoms with Crippen LogP contribution in [0.15, 0.2) is 65.3 Å². The number of amides is 1. The van der Waals surface area contributed by atoms with E-state index in [-0.39, 0.29) is 41.2 Å². The van der Waals surface area contributed by atoms with Gasteiger partial charge in [-0.25, -0.2) is 27.8 Å². The van der Waals surface area contributed by atoms with Gasteiger partial charge in [0.15, 0.2) is 12.5 Å². The van der Waals surface area contributed by atoms with E-state index in [0.717, 1.165) is 10.6 Å². The molecular formula is C31H25FN6O6S. The minimum absolute atomic E-state index is 0.139. The zero-order chi connectivity index (χ0) is 31.6. The number of furan rings is 1. The normalized spacial score (nSPS) is 12.5. The van der Waals surface area contributed by atoms with Crippen LogP contribution >= 0.6 is 0 Å². The van der Waals surface area contributed by atoms with Crippen LogP contribution < -0.4 is 19.1 Å². The second kappa shape index (κ2) is 10.3. The molecule has 4 aromatic heterocycles. The SMILES string of the molecule is CNC(=O)c1c(-c2cnc(OC)nc2)oc2cc(N(C)S(C)(=O)=O)c(-c3ccc4c(n3)-c3cc5c(F)cccc5n3CO4)cc12. The Hall–Kier alpha value is -5.50. The molecule has 0 unspecified atom stereocenters. The molecule has 0 radical (unpaired) electrons. The van der Waals surface area contributed by atoms with Gasteiger partial charge in [0.1, 0.15) is 22.8 Å². The fraction of sp³-hybridized carbons (Fsp3) is 0.161. The second-order valence-corrected chi connectivity index (χ2v) is 12.4. The third-order valence-electron chi connectivity index (χ3n) is 7.79. The lowest BCUT2D eigenvalue weighted by molar-refractivity contribution is 0.0964. The summed E-state index contributed by atoms with van der Waals surface area (Å²) in [7, 11) is 0.605. The largest absolute Gasteiger partial charge is 0.470 e. The van der Waals surface area contributed by atoms with Gasteiger partial charge in [-0.1, -0.05) is 6.07 Å². The number of benzene rings is 2. The molecule has 2 aromatic carbocycles. The van der Waals surface area contributed by atoms with Crippen molar-refractivity contribution in [2.75, 3.05) is 31.8 Å². The molecule has 14 heteroatoms. The number of rotatable bonds is 6. The highest BCUT2D eigenvalue weighted by atomic mass is 32.2. The van der Waals surface area contributed by atoms with Crippen LogP contribution in [0.1, 0.15) is 10.4 Å². The Balaban J connectivity index is 1.48. The van der Waals surface area contributed by atoms with Crippen LogP contribution in [0.2, 0.25) is 0 Å². The molecule has 1 amide bonds. The van der Waals surface area contributed by atoms with Gasteiger partial charge in [-0.2, -0.15) is 0 Å². The van der Waals surface area contributed by atoms with Gasteiger partial charge in [0.05, 0.1) is 47.1 Å². The summed E-state index contributed by atoms with van der Waals surface area (Å²) in [6.07, 6.45) is 4.01. The number of aromatic nitrogens is 4. The summed E-state index contributed by atoms with van der Waals surface area (Å²) in [5, 5.41) is 3.49. The van der Waals surface area contributed by atoms with Crippen molar-refractivity contribution in [2.45, 2.75) is 6.73 Å². The van der Waals surface area contributed by atoms with Crippen LogP contribution in [0.5, 0.6) is 11.8 Å². The van der Waals surface area contributed by atoms with E-state index < -0.39 is 15.9 Å². The quantitative estimate of drug-likeness (QED) is 0.275. The van der Waals surface area contributed by atoms with E-state index in [1.165, 1.54) is 39.7 Å². The van der Waals surface area contributed by atoms with Crippen LogP contribution in [0.4, 0.5) is 10.1 Å². The van der Waals surface area contributed by atoms with Gasteiger partial charge < -0.3 is 23.8 Å². The van der Waals surface area contributed by atoms with Gasteiger partial charge in [-0.05, 0) is 36.4 Å². The third-order valence-corrected chi connectivity index (χ3v) is 8.98. The van der Waals surface area contributed by atoms with Crippen molar-refractivity contribution in [1.82, 2.24) is 24.8 Å². The van der Waals surface area contributed by atoms with E-state index in [9.17, 15) is 17.6 Å². The fourth-order valence-corrected chi connectivity index (χ4v) is 5.99. The molecule has 0 spiro atoms. The van der Waals surface area contributed by atoms with Gasteiger partial charge in [0.25, 0.3) is 5.91 Å². The maximum atomic E-state index is 14.7. The number of carbonyl (C=O) groups excluding carboxylic acids is 1. The van der Waals surface area contributed by atoms with Crippen molar-refractivity contribution >= 4 is 43.5 Å². The molecule has 45 heavy (non-hydrogen) atoms. The lowest BCUT2D eigenvalue weighted by atomic mass is 10.0. The minimum Gasteiger partial charge on any atom is -0.470 e. The number of ether oxygens (including phenoxy) is 2. The monoisotopic (exact) mass is 628 g/mol. The van der Waals surface area contributed by atoms with E-state index in [0.29, 0.717) is 50.2 Å². The molecule has 0 saturated heterocycles. The summed E-state index contributed by atoms with van der Waals surface area (Å²) >= 11 is 0. The first-order valence-corrected chi connectivity index (χ1v) is 15.5. The fourth-order valence-electron chi connectivity index (χ4n) is 5.48. The Morgan fingerprint density at radius 2 is 1.89 bits per heavy atom. The predicted molar refractivity (Wildman–Crippen MR) is 165 cm³/mol. The van der Waals surface area contributed by atoms with E-state index in [4.69, 9.17) is 18.9 Å². The summed E-state index contributed by atoms with van der Waals surface area (Å²) in [5.41, 5.74) is 3.68. The number of fused-ring (bicyclic) bond motifs is 6. The maximum absolute atomic E-state index is 14.7. The average Bonchev–Trinajstić information content (AvgIpc) is 3.62. The van der Waals surface area contributed by atoms with Crippen LogP contribution in [-0.4, -0.2) is 61.3 Å². The van der Waals surface area contributed by atoms with Gasteiger partial charge >= 0.3 is 6.01 Å². The van der Waals surface area contributed by atoms with Crippen LogP contribution in [-0.2, 0) is 16.8 Å². The summed E-state index contributed by atoms with van der Waals surface area (Å²) in [5.74, 6) is -0.123. The molecule has 0 atom stereocenters. The van der Waals surface area contributed by atoms with Crippen molar-refractivity contribution < 1.29 is 31.5 Å². The summed E-state index contributed by atoms with van der Waals surface area (Å²) in [6, 6.07) is 13.3. The van der Waals surface area contributed by atoms with Gasteiger partial charge in [-0.3, -0.25) is 9.10 Å². The van der Waals surface area contributed by atoms with Gasteiger partial charge in [0.2, 0.25) is 10.0 Å². The van der Waals surface area contributed by atoms with Gasteiger partial charge in [-0.15, -0.1) is 0 Å². The molecule has 0 aliphatic carbocycles. The lowest BCUT2D eigenvalue weighted by Crippen LogP contribution is -2.25. The minimum atomic E-state index is -3.75. The van der Waals surface area contributed by atoms with E-state index >= 15 is 0 Å². The molecule has 1 aliphatic rings. The number of halogens is 1. The molecule has 1 N–H and O–H groups in total. The highest BCUT2D eigenvalue weighted by Crippen LogP contribution is 2.43. The predicted octanol–water partition coefficient (Wildman–Crippen LogP) is 4.83. The summed E-state index contributed by atoms with van der Waals surface area (Å²) in [6.45, 7) is 0.173. The highest BCUT2D eigenvalue weighted by molar-refractivity contribution is 7.92. The number of hydrogen-bond acceptors (Lipinski definition) is 9. The summed E-state index contributed by atoms with van der Waals surface area (Å²) < 4.78 is 60.5. The number of nitrogens with zero attached hydrogens (tertiary/aromatic N) is 5. The van der Waals surface area contributed by atoms with Crippen molar-refractivity contribution in [3.63, 3.8) is 0 Å². The number of methoxy groups -OCH3 is 1. The van der Waals surface area contributed by atoms with Crippen molar-refractivity contribution in [2.24, 2.45) is 0 Å². The van der Waals surface area contributed by atoms with E-state index in [1.54, 1.807) is 42.5 Å². The number of carbonyl (C=O) groups is 1. The van der Waals surface area contributed by atoms with Crippen molar-refractivity contribution in [1.29, 1.82) is 0 Å². The lowest BCUT2D eigenvalue weighted by Gasteiger charge is -2.23. The molecule has 6 aromatic rings. The van der Waals surface area contributed by atoms with Crippen molar-refractivity contribution in [3.05, 3.63) is 72.3 Å². The Labute approximate surface area is 256 Å². The standard InChI is InChI=1S/C31H25FN6O6S/c1-33-30(39)27-19-10-18(21-8-9-25-28(36-21)24-11-17-20(32)6-5-7-22(17)38(24)15-43-25)23(37(2)45(4,40)41)12-26(19)44-29(27)16-13-34-31(42-3)35-14-16/h5-14H,15H2,1-4H3,(H,33,39). The number of hydrogen-bond donors (Lipinski definition) is 1. The Morgan fingerprint density at radius 1 is 1.11 bits per heavy atom. The first-order chi connectivity index (χ1) is 21.6. The molecule has 12 nitrogen and oxygen atoms in total. The molecule has 228 valence electrons. The number of pyridine rings is 1. The highest BCUT2D eigenvalue weighted by Gasteiger charge is 2.28. The van der Waals surface area contributed by atoms with Crippen LogP contribution in [0.25, 0.3) is 55.8 Å². The first-order valence-electron chi connectivity index (χ1n) is 13.6. The van der Waals surface area contributed by atoms with Crippen LogP contribution in [0, 0.1) is 5.82 Å². The van der Waals surface area contributed by atoms with Gasteiger partial charge in [0, 0.05) is 48.9 Å². The molecule has 5 heterocycles. The average molecular weight is 629 g/mol. The number of sulfonamides is 1. The summed E-state index contributed by atoms with van der Waals surface area (Å²) in [4.78, 5) is 26.4. The smallest absolute Gasteiger partial charge is 0.316 e.